The Morgan fingerprint density at radius 3 is 2.87 bits per heavy atom. The van der Waals surface area contributed by atoms with E-state index in [0.29, 0.717) is 16.1 Å². The van der Waals surface area contributed by atoms with Crippen molar-refractivity contribution in [1.29, 1.82) is 0 Å². The van der Waals surface area contributed by atoms with E-state index in [2.05, 4.69) is 31.2 Å². The van der Waals surface area contributed by atoms with E-state index in [1.807, 2.05) is 6.92 Å². The van der Waals surface area contributed by atoms with E-state index in [-0.39, 0.29) is 5.82 Å². The number of aromatic nitrogens is 2. The van der Waals surface area contributed by atoms with E-state index in [1.54, 1.807) is 18.3 Å². The normalized spacial score (nSPS) is 10.3. The van der Waals surface area contributed by atoms with Gasteiger partial charge in [0.1, 0.15) is 5.82 Å². The van der Waals surface area contributed by atoms with E-state index in [4.69, 9.17) is 0 Å². The molecule has 2 aromatic rings. The Labute approximate surface area is 94.9 Å². The fraction of sp³-hybridized carbons (Fsp3) is 0.100. The van der Waals surface area contributed by atoms with Gasteiger partial charge < -0.3 is 10.3 Å². The molecule has 0 radical (unpaired) electrons. The van der Waals surface area contributed by atoms with Gasteiger partial charge in [0.2, 0.25) is 5.95 Å². The zero-order valence-electron chi connectivity index (χ0n) is 8.01. The summed E-state index contributed by atoms with van der Waals surface area (Å²) in [6.45, 7) is 1.90. The van der Waals surface area contributed by atoms with E-state index < -0.39 is 0 Å². The average Bonchev–Trinajstić information content (AvgIpc) is 2.58. The Balaban J connectivity index is 2.21. The number of aryl methyl sites for hydroxylation is 1. The number of nitrogens with zero attached hydrogens (tertiary/aromatic N) is 1. The van der Waals surface area contributed by atoms with E-state index in [9.17, 15) is 4.39 Å². The quantitative estimate of drug-likeness (QED) is 0.878. The van der Waals surface area contributed by atoms with Crippen molar-refractivity contribution >= 4 is 27.6 Å². The van der Waals surface area contributed by atoms with Crippen molar-refractivity contribution in [2.75, 3.05) is 5.32 Å². The number of halogens is 2. The van der Waals surface area contributed by atoms with Crippen molar-refractivity contribution in [3.8, 4) is 0 Å². The molecule has 0 saturated heterocycles. The molecule has 0 aliphatic carbocycles. The van der Waals surface area contributed by atoms with Crippen LogP contribution in [0, 0.1) is 12.7 Å². The summed E-state index contributed by atoms with van der Waals surface area (Å²) in [4.78, 5) is 7.06. The maximum absolute atomic E-state index is 13.2. The Morgan fingerprint density at radius 2 is 2.27 bits per heavy atom. The zero-order valence-corrected chi connectivity index (χ0v) is 9.60. The molecule has 0 aliphatic heterocycles. The van der Waals surface area contributed by atoms with Crippen LogP contribution in [0.2, 0.25) is 0 Å². The van der Waals surface area contributed by atoms with Gasteiger partial charge in [-0.2, -0.15) is 0 Å². The molecule has 0 amide bonds. The van der Waals surface area contributed by atoms with Crippen LogP contribution in [0.1, 0.15) is 5.69 Å². The summed E-state index contributed by atoms with van der Waals surface area (Å²) in [6, 6.07) is 4.82. The zero-order chi connectivity index (χ0) is 10.8. The Morgan fingerprint density at radius 1 is 1.47 bits per heavy atom. The monoisotopic (exact) mass is 269 g/mol. The molecule has 3 nitrogen and oxygen atoms in total. The molecular weight excluding hydrogens is 261 g/mol. The van der Waals surface area contributed by atoms with Crippen LogP contribution < -0.4 is 5.32 Å². The number of hydrogen-bond acceptors (Lipinski definition) is 2. The van der Waals surface area contributed by atoms with E-state index >= 15 is 0 Å². The van der Waals surface area contributed by atoms with Crippen LogP contribution in [0.25, 0.3) is 0 Å². The molecule has 0 spiro atoms. The van der Waals surface area contributed by atoms with Gasteiger partial charge in [-0.15, -0.1) is 0 Å². The highest BCUT2D eigenvalue weighted by atomic mass is 79.9. The number of benzene rings is 1. The lowest BCUT2D eigenvalue weighted by atomic mass is 10.3. The molecule has 0 saturated carbocycles. The number of aromatic amines is 1. The van der Waals surface area contributed by atoms with Gasteiger partial charge in [0.25, 0.3) is 0 Å². The summed E-state index contributed by atoms with van der Waals surface area (Å²) in [5.41, 5.74) is 1.61. The van der Waals surface area contributed by atoms with Crippen LogP contribution in [-0.2, 0) is 0 Å². The lowest BCUT2D eigenvalue weighted by Gasteiger charge is -2.03. The van der Waals surface area contributed by atoms with Crippen molar-refractivity contribution in [3.05, 3.63) is 40.4 Å². The van der Waals surface area contributed by atoms with Crippen molar-refractivity contribution < 1.29 is 4.39 Å². The number of nitrogens with one attached hydrogen (secondary N) is 2. The van der Waals surface area contributed by atoms with Gasteiger partial charge >= 0.3 is 0 Å². The molecule has 0 bridgehead atoms. The third-order valence-electron chi connectivity index (χ3n) is 1.89. The van der Waals surface area contributed by atoms with Gasteiger partial charge in [0, 0.05) is 17.6 Å². The van der Waals surface area contributed by atoms with Crippen LogP contribution >= 0.6 is 15.9 Å². The van der Waals surface area contributed by atoms with E-state index in [1.165, 1.54) is 6.07 Å². The van der Waals surface area contributed by atoms with Crippen molar-refractivity contribution in [3.63, 3.8) is 0 Å². The van der Waals surface area contributed by atoms with Gasteiger partial charge in [0.15, 0.2) is 0 Å². The molecule has 2 N–H and O–H groups in total. The van der Waals surface area contributed by atoms with Gasteiger partial charge in [-0.05, 0) is 41.1 Å². The van der Waals surface area contributed by atoms with Gasteiger partial charge in [0.05, 0.1) is 4.47 Å². The topological polar surface area (TPSA) is 40.7 Å². The fourth-order valence-corrected chi connectivity index (χ4v) is 1.43. The van der Waals surface area contributed by atoms with E-state index in [0.717, 1.165) is 5.69 Å². The summed E-state index contributed by atoms with van der Waals surface area (Å²) in [5.74, 6) is 0.303. The Kier molecular flexibility index (Phi) is 2.73. The van der Waals surface area contributed by atoms with Gasteiger partial charge in [-0.1, -0.05) is 0 Å². The van der Waals surface area contributed by atoms with Gasteiger partial charge in [-0.3, -0.25) is 0 Å². The summed E-state index contributed by atoms with van der Waals surface area (Å²) in [5, 5.41) is 2.97. The highest BCUT2D eigenvalue weighted by molar-refractivity contribution is 9.10. The number of imidazole rings is 1. The van der Waals surface area contributed by atoms with Crippen LogP contribution in [0.5, 0.6) is 0 Å². The molecule has 0 fully saturated rings. The molecule has 78 valence electrons. The Hall–Kier alpha value is -1.36. The summed E-state index contributed by atoms with van der Waals surface area (Å²) in [7, 11) is 0. The SMILES string of the molecule is Cc1cnc(Nc2ccc(Br)c(F)c2)[nH]1. The minimum absolute atomic E-state index is 0.303. The molecule has 1 aromatic heterocycles. The first-order valence-corrected chi connectivity index (χ1v) is 5.18. The Bertz CT molecular complexity index is 481. The fourth-order valence-electron chi connectivity index (χ4n) is 1.19. The first-order valence-electron chi connectivity index (χ1n) is 4.39. The van der Waals surface area contributed by atoms with Gasteiger partial charge in [-0.25, -0.2) is 9.37 Å². The second-order valence-corrected chi connectivity index (χ2v) is 4.02. The first-order chi connectivity index (χ1) is 7.15. The lowest BCUT2D eigenvalue weighted by Crippen LogP contribution is -1.93. The molecule has 2 rings (SSSR count). The highest BCUT2D eigenvalue weighted by Gasteiger charge is 2.02. The molecule has 1 heterocycles. The number of hydrogen-bond donors (Lipinski definition) is 2. The lowest BCUT2D eigenvalue weighted by molar-refractivity contribution is 0.622. The molecule has 5 heteroatoms. The first kappa shape index (κ1) is 10.2. The largest absolute Gasteiger partial charge is 0.328 e. The number of H-pyrrole nitrogens is 1. The third-order valence-corrected chi connectivity index (χ3v) is 2.53. The molecule has 1 aromatic carbocycles. The van der Waals surface area contributed by atoms with Crippen LogP contribution in [-0.4, -0.2) is 9.97 Å². The average molecular weight is 270 g/mol. The molecular formula is C10H9BrFN3. The maximum atomic E-state index is 13.2. The maximum Gasteiger partial charge on any atom is 0.204 e. The minimum Gasteiger partial charge on any atom is -0.328 e. The number of rotatable bonds is 2. The summed E-state index contributed by atoms with van der Waals surface area (Å²) < 4.78 is 13.6. The second kappa shape index (κ2) is 4.02. The van der Waals surface area contributed by atoms with Crippen molar-refractivity contribution in [2.24, 2.45) is 0 Å². The summed E-state index contributed by atoms with van der Waals surface area (Å²) >= 11 is 3.09. The standard InChI is InChI=1S/C10H9BrFN3/c1-6-5-13-10(14-6)15-7-2-3-8(11)9(12)4-7/h2-5H,1H3,(H2,13,14,15). The number of anilines is 2. The third kappa shape index (κ3) is 2.36. The summed E-state index contributed by atoms with van der Waals surface area (Å²) in [6.07, 6.45) is 1.71. The smallest absolute Gasteiger partial charge is 0.204 e. The second-order valence-electron chi connectivity index (χ2n) is 3.17. The predicted molar refractivity (Wildman–Crippen MR) is 60.7 cm³/mol. The molecule has 0 aliphatic rings. The van der Waals surface area contributed by atoms with Crippen LogP contribution in [0.3, 0.4) is 0 Å². The van der Waals surface area contributed by atoms with Crippen molar-refractivity contribution in [2.45, 2.75) is 6.92 Å². The molecule has 15 heavy (non-hydrogen) atoms. The highest BCUT2D eigenvalue weighted by Crippen LogP contribution is 2.21. The van der Waals surface area contributed by atoms with Crippen LogP contribution in [0.15, 0.2) is 28.9 Å². The molecule has 0 atom stereocenters. The van der Waals surface area contributed by atoms with Crippen molar-refractivity contribution in [1.82, 2.24) is 9.97 Å². The van der Waals surface area contributed by atoms with Crippen LogP contribution in [0.4, 0.5) is 16.0 Å². The minimum atomic E-state index is -0.303. The predicted octanol–water partition coefficient (Wildman–Crippen LogP) is 3.36. The molecule has 0 unspecified atom stereocenters.